The van der Waals surface area contributed by atoms with Crippen molar-refractivity contribution in [3.8, 4) is 0 Å². The Labute approximate surface area is 124 Å². The van der Waals surface area contributed by atoms with Gasteiger partial charge in [-0.1, -0.05) is 13.8 Å². The predicted molar refractivity (Wildman–Crippen MR) is 86.6 cm³/mol. The van der Waals surface area contributed by atoms with Crippen molar-refractivity contribution in [1.82, 2.24) is 9.97 Å². The molecule has 4 nitrogen and oxygen atoms in total. The number of aryl methyl sites for hydroxylation is 1. The molecule has 0 radical (unpaired) electrons. The van der Waals surface area contributed by atoms with Crippen LogP contribution in [0.5, 0.6) is 0 Å². The molecule has 0 saturated carbocycles. The van der Waals surface area contributed by atoms with Gasteiger partial charge in [-0.15, -0.1) is 11.3 Å². The average molecular weight is 290 g/mol. The second kappa shape index (κ2) is 7.24. The molecule has 0 atom stereocenters. The molecule has 0 fully saturated rings. The molecular weight excluding hydrogens is 268 g/mol. The number of hydrogen-bond acceptors (Lipinski definition) is 5. The van der Waals surface area contributed by atoms with Gasteiger partial charge in [-0.3, -0.25) is 0 Å². The molecule has 108 valence electrons. The minimum absolute atomic E-state index is 0.815. The van der Waals surface area contributed by atoms with Crippen LogP contribution in [0, 0.1) is 6.92 Å². The van der Waals surface area contributed by atoms with Gasteiger partial charge in [0, 0.05) is 21.9 Å². The van der Waals surface area contributed by atoms with E-state index in [1.165, 1.54) is 9.75 Å². The highest BCUT2D eigenvalue weighted by Gasteiger charge is 2.06. The molecule has 2 rings (SSSR count). The van der Waals surface area contributed by atoms with Gasteiger partial charge in [0.1, 0.15) is 18.0 Å². The number of thiophene rings is 1. The first kappa shape index (κ1) is 14.8. The van der Waals surface area contributed by atoms with E-state index in [2.05, 4.69) is 46.6 Å². The molecule has 0 bridgehead atoms. The first-order valence-electron chi connectivity index (χ1n) is 7.11. The lowest BCUT2D eigenvalue weighted by Gasteiger charge is -2.11. The Morgan fingerprint density at radius 1 is 1.05 bits per heavy atom. The Bertz CT molecular complexity index is 551. The summed E-state index contributed by atoms with van der Waals surface area (Å²) >= 11 is 1.85. The van der Waals surface area contributed by atoms with E-state index in [9.17, 15) is 0 Å². The van der Waals surface area contributed by atoms with E-state index >= 15 is 0 Å². The number of anilines is 2. The van der Waals surface area contributed by atoms with Crippen LogP contribution in [-0.2, 0) is 13.0 Å². The monoisotopic (exact) mass is 290 g/mol. The molecule has 0 saturated heterocycles. The summed E-state index contributed by atoms with van der Waals surface area (Å²) in [5.74, 6) is 1.83. The third kappa shape index (κ3) is 3.70. The Balaban J connectivity index is 2.01. The number of nitrogens with one attached hydrogen (secondary N) is 2. The molecule has 0 aliphatic rings. The first-order valence-corrected chi connectivity index (χ1v) is 7.93. The molecule has 20 heavy (non-hydrogen) atoms. The Kier molecular flexibility index (Phi) is 5.35. The quantitative estimate of drug-likeness (QED) is 0.813. The van der Waals surface area contributed by atoms with Crippen LogP contribution in [-0.4, -0.2) is 16.5 Å². The second-order valence-corrected chi connectivity index (χ2v) is 5.95. The van der Waals surface area contributed by atoms with Crippen LogP contribution in [0.1, 0.15) is 35.6 Å². The number of rotatable bonds is 7. The van der Waals surface area contributed by atoms with E-state index in [0.717, 1.165) is 43.1 Å². The fourth-order valence-corrected chi connectivity index (χ4v) is 2.83. The molecule has 2 heterocycles. The molecule has 0 amide bonds. The number of hydrogen-bond donors (Lipinski definition) is 2. The van der Waals surface area contributed by atoms with E-state index in [1.54, 1.807) is 6.33 Å². The molecular formula is C15H22N4S. The van der Waals surface area contributed by atoms with E-state index in [1.807, 2.05) is 18.3 Å². The Hall–Kier alpha value is -1.62. The number of aromatic nitrogens is 2. The lowest BCUT2D eigenvalue weighted by atomic mass is 10.3. The van der Waals surface area contributed by atoms with E-state index in [0.29, 0.717) is 0 Å². The van der Waals surface area contributed by atoms with Crippen molar-refractivity contribution < 1.29 is 0 Å². The largest absolute Gasteiger partial charge is 0.370 e. The highest BCUT2D eigenvalue weighted by Crippen LogP contribution is 2.21. The zero-order chi connectivity index (χ0) is 14.4. The van der Waals surface area contributed by atoms with Gasteiger partial charge in [0.15, 0.2) is 0 Å². The fraction of sp³-hybridized carbons (Fsp3) is 0.467. The van der Waals surface area contributed by atoms with Crippen LogP contribution < -0.4 is 10.6 Å². The summed E-state index contributed by atoms with van der Waals surface area (Å²) in [4.78, 5) is 11.4. The van der Waals surface area contributed by atoms with E-state index in [-0.39, 0.29) is 0 Å². The third-order valence-electron chi connectivity index (χ3n) is 3.12. The zero-order valence-corrected chi connectivity index (χ0v) is 13.2. The molecule has 0 spiro atoms. The van der Waals surface area contributed by atoms with E-state index < -0.39 is 0 Å². The van der Waals surface area contributed by atoms with Gasteiger partial charge in [-0.25, -0.2) is 9.97 Å². The van der Waals surface area contributed by atoms with Crippen LogP contribution >= 0.6 is 11.3 Å². The lowest BCUT2D eigenvalue weighted by molar-refractivity contribution is 0.957. The molecule has 2 aromatic heterocycles. The summed E-state index contributed by atoms with van der Waals surface area (Å²) in [5, 5.41) is 6.73. The van der Waals surface area contributed by atoms with Crippen molar-refractivity contribution in [1.29, 1.82) is 0 Å². The predicted octanol–water partition coefficient (Wildman–Crippen LogP) is 3.84. The highest BCUT2D eigenvalue weighted by atomic mass is 32.1. The summed E-state index contributed by atoms with van der Waals surface area (Å²) < 4.78 is 0. The van der Waals surface area contributed by atoms with Crippen molar-refractivity contribution >= 4 is 23.0 Å². The van der Waals surface area contributed by atoms with Crippen molar-refractivity contribution in [3.05, 3.63) is 33.8 Å². The van der Waals surface area contributed by atoms with E-state index in [4.69, 9.17) is 0 Å². The maximum absolute atomic E-state index is 4.33. The molecule has 0 aliphatic carbocycles. The average Bonchev–Trinajstić information content (AvgIpc) is 2.93. The van der Waals surface area contributed by atoms with Crippen LogP contribution in [0.4, 0.5) is 11.6 Å². The van der Waals surface area contributed by atoms with Crippen LogP contribution in [0.3, 0.4) is 0 Å². The lowest BCUT2D eigenvalue weighted by Crippen LogP contribution is -2.08. The topological polar surface area (TPSA) is 49.8 Å². The zero-order valence-electron chi connectivity index (χ0n) is 12.4. The maximum atomic E-state index is 4.33. The Morgan fingerprint density at radius 3 is 2.40 bits per heavy atom. The van der Waals surface area contributed by atoms with Gasteiger partial charge in [0.2, 0.25) is 0 Å². The normalized spacial score (nSPS) is 10.6. The smallest absolute Gasteiger partial charge is 0.134 e. The maximum Gasteiger partial charge on any atom is 0.134 e. The van der Waals surface area contributed by atoms with Gasteiger partial charge < -0.3 is 10.6 Å². The van der Waals surface area contributed by atoms with Gasteiger partial charge in [-0.05, 0) is 31.9 Å². The summed E-state index contributed by atoms with van der Waals surface area (Å²) in [6, 6.07) is 4.38. The van der Waals surface area contributed by atoms with Crippen molar-refractivity contribution in [2.45, 2.75) is 40.2 Å². The number of nitrogens with zero attached hydrogens (tertiary/aromatic N) is 2. The van der Waals surface area contributed by atoms with Crippen molar-refractivity contribution in [2.75, 3.05) is 17.2 Å². The molecule has 0 unspecified atom stereocenters. The first-order chi connectivity index (χ1) is 9.74. The van der Waals surface area contributed by atoms with Crippen LogP contribution in [0.2, 0.25) is 0 Å². The second-order valence-electron chi connectivity index (χ2n) is 4.70. The van der Waals surface area contributed by atoms with Crippen LogP contribution in [0.25, 0.3) is 0 Å². The van der Waals surface area contributed by atoms with Gasteiger partial charge in [0.25, 0.3) is 0 Å². The summed E-state index contributed by atoms with van der Waals surface area (Å²) in [6.07, 6.45) is 3.79. The van der Waals surface area contributed by atoms with Crippen LogP contribution in [0.15, 0.2) is 18.5 Å². The molecule has 0 aromatic carbocycles. The molecule has 0 aliphatic heterocycles. The standard InChI is InChI=1S/C15H22N4S/c1-4-8-16-14-11(3)15(19-10-18-14)17-9-13-7-6-12(5-2)20-13/h6-7,10H,4-5,8-9H2,1-3H3,(H2,16,17,18,19). The minimum atomic E-state index is 0.815. The fourth-order valence-electron chi connectivity index (χ4n) is 1.93. The molecule has 2 N–H and O–H groups in total. The Morgan fingerprint density at radius 2 is 1.75 bits per heavy atom. The molecule has 2 aromatic rings. The van der Waals surface area contributed by atoms with Crippen molar-refractivity contribution in [3.63, 3.8) is 0 Å². The van der Waals surface area contributed by atoms with Crippen molar-refractivity contribution in [2.24, 2.45) is 0 Å². The van der Waals surface area contributed by atoms with Gasteiger partial charge >= 0.3 is 0 Å². The molecule has 5 heteroatoms. The highest BCUT2D eigenvalue weighted by molar-refractivity contribution is 7.12. The minimum Gasteiger partial charge on any atom is -0.370 e. The summed E-state index contributed by atoms with van der Waals surface area (Å²) in [5.41, 5.74) is 1.08. The SMILES string of the molecule is CCCNc1ncnc(NCc2ccc(CC)s2)c1C. The third-order valence-corrected chi connectivity index (χ3v) is 4.35. The summed E-state index contributed by atoms with van der Waals surface area (Å²) in [6.45, 7) is 8.12. The van der Waals surface area contributed by atoms with Gasteiger partial charge in [-0.2, -0.15) is 0 Å². The van der Waals surface area contributed by atoms with Gasteiger partial charge in [0.05, 0.1) is 6.54 Å². The summed E-state index contributed by atoms with van der Waals surface area (Å²) in [7, 11) is 0.